The summed E-state index contributed by atoms with van der Waals surface area (Å²) in [5.41, 5.74) is 2.12. The Morgan fingerprint density at radius 1 is 1.09 bits per heavy atom. The molecule has 4 nitrogen and oxygen atoms in total. The molecular formula is C13H17BF4O4. The van der Waals surface area contributed by atoms with Crippen molar-refractivity contribution < 1.29 is 35.9 Å². The van der Waals surface area contributed by atoms with Crippen LogP contribution in [0.25, 0.3) is 0 Å². The number of carbonyl (C=O) groups excluding carboxylic acids is 1. The van der Waals surface area contributed by atoms with Crippen molar-refractivity contribution in [1.29, 1.82) is 0 Å². The van der Waals surface area contributed by atoms with Crippen molar-refractivity contribution in [2.24, 2.45) is 0 Å². The van der Waals surface area contributed by atoms with E-state index in [4.69, 9.17) is 18.6 Å². The van der Waals surface area contributed by atoms with Gasteiger partial charge in [-0.1, -0.05) is 0 Å². The minimum Gasteiger partial charge on any atom is -0.493 e. The molecule has 0 unspecified atom stereocenters. The van der Waals surface area contributed by atoms with Crippen molar-refractivity contribution in [3.05, 3.63) is 23.3 Å². The van der Waals surface area contributed by atoms with Crippen molar-refractivity contribution in [1.82, 2.24) is 0 Å². The first-order chi connectivity index (χ1) is 10.3. The average molecular weight is 324 g/mol. The number of esters is 1. The number of benzene rings is 1. The van der Waals surface area contributed by atoms with Gasteiger partial charge in [0.05, 0.1) is 14.2 Å². The lowest BCUT2D eigenvalue weighted by molar-refractivity contribution is -0.286. The second-order valence-corrected chi connectivity index (χ2v) is 4.18. The molecule has 0 aromatic heterocycles. The normalized spacial score (nSPS) is 13.3. The fourth-order valence-corrected chi connectivity index (χ4v) is 1.90. The van der Waals surface area contributed by atoms with E-state index in [1.807, 2.05) is 19.1 Å². The highest BCUT2D eigenvalue weighted by molar-refractivity contribution is 6.50. The third-order valence-corrected chi connectivity index (χ3v) is 2.71. The smallest absolute Gasteiger partial charge is 0.493 e. The Morgan fingerprint density at radius 3 is 2.14 bits per heavy atom. The maximum absolute atomic E-state index is 9.75. The molecule has 0 saturated carbocycles. The lowest BCUT2D eigenvalue weighted by atomic mass is 10.0. The summed E-state index contributed by atoms with van der Waals surface area (Å²) in [6, 6.07) is 3.88. The number of ether oxygens (including phenoxy) is 3. The van der Waals surface area contributed by atoms with Crippen LogP contribution in [0.15, 0.2) is 12.1 Å². The van der Waals surface area contributed by atoms with Crippen LogP contribution in [0.4, 0.5) is 17.3 Å². The highest BCUT2D eigenvalue weighted by Gasteiger charge is 2.28. The Hall–Kier alpha value is -1.93. The number of halogens is 4. The van der Waals surface area contributed by atoms with Crippen molar-refractivity contribution in [2.75, 3.05) is 27.4 Å². The zero-order valence-electron chi connectivity index (χ0n) is 12.5. The summed E-state index contributed by atoms with van der Waals surface area (Å²) in [6.07, 6.45) is 0.853. The molecule has 1 aromatic rings. The first kappa shape index (κ1) is 18.1. The van der Waals surface area contributed by atoms with E-state index in [2.05, 4.69) is 0 Å². The van der Waals surface area contributed by atoms with Crippen molar-refractivity contribution in [2.45, 2.75) is 13.3 Å². The van der Waals surface area contributed by atoms with Crippen LogP contribution in [-0.2, 0) is 11.2 Å². The fraction of sp³-hybridized carbons (Fsp3) is 0.462. The Balaban J connectivity index is 0.000000422. The fourth-order valence-electron chi connectivity index (χ4n) is 1.90. The lowest BCUT2D eigenvalue weighted by Gasteiger charge is -2.13. The van der Waals surface area contributed by atoms with Gasteiger partial charge in [-0.3, -0.25) is 0 Å². The number of fused-ring (bicyclic) bond motifs is 1. The minimum absolute atomic E-state index is 0.578. The van der Waals surface area contributed by atoms with E-state index in [1.165, 1.54) is 0 Å². The molecule has 2 rings (SSSR count). The number of rotatable bonds is 3. The van der Waals surface area contributed by atoms with E-state index in [-0.39, 0.29) is 0 Å². The zero-order valence-corrected chi connectivity index (χ0v) is 12.5. The van der Waals surface area contributed by atoms with Gasteiger partial charge in [-0.15, -0.1) is 0 Å². The van der Waals surface area contributed by atoms with Gasteiger partial charge >= 0.3 is 13.2 Å². The second-order valence-electron chi connectivity index (χ2n) is 4.18. The third-order valence-electron chi connectivity index (χ3n) is 2.71. The average Bonchev–Trinajstić information content (AvgIpc) is 2.44. The molecule has 0 fully saturated rings. The summed E-state index contributed by atoms with van der Waals surface area (Å²) >= 11 is 0. The van der Waals surface area contributed by atoms with Gasteiger partial charge in [-0.05, 0) is 18.6 Å². The summed E-state index contributed by atoms with van der Waals surface area (Å²) in [4.78, 5) is 0. The summed E-state index contributed by atoms with van der Waals surface area (Å²) < 4.78 is 60.6. The molecule has 1 aliphatic heterocycles. The van der Waals surface area contributed by atoms with Crippen molar-refractivity contribution >= 4 is 13.2 Å². The second kappa shape index (κ2) is 7.91. The highest BCUT2D eigenvalue weighted by atomic mass is 19.5. The Kier molecular flexibility index (Phi) is 6.51. The van der Waals surface area contributed by atoms with Crippen molar-refractivity contribution in [3.8, 4) is 11.5 Å². The van der Waals surface area contributed by atoms with Gasteiger partial charge < -0.3 is 35.9 Å². The first-order valence-corrected chi connectivity index (χ1v) is 6.55. The van der Waals surface area contributed by atoms with Crippen LogP contribution in [0.1, 0.15) is 22.5 Å². The monoisotopic (exact) mass is 324 g/mol. The van der Waals surface area contributed by atoms with Gasteiger partial charge in [0.15, 0.2) is 24.7 Å². The molecule has 1 heterocycles. The predicted molar refractivity (Wildman–Crippen MR) is 74.3 cm³/mol. The maximum Gasteiger partial charge on any atom is 0.673 e. The van der Waals surface area contributed by atoms with Crippen LogP contribution in [0, 0.1) is 0 Å². The number of hydrogen-bond acceptors (Lipinski definition) is 3. The topological polar surface area (TPSA) is 39.0 Å². The largest absolute Gasteiger partial charge is 0.673 e. The molecule has 1 aliphatic rings. The molecule has 0 amide bonds. The predicted octanol–water partition coefficient (Wildman–Crippen LogP) is 3.27. The Bertz CT molecular complexity index is 526. The van der Waals surface area contributed by atoms with E-state index in [0.717, 1.165) is 23.3 Å². The molecule has 0 bridgehead atoms. The molecule has 22 heavy (non-hydrogen) atoms. The molecule has 0 N–H and O–H groups in total. The molecule has 0 aliphatic carbocycles. The first-order valence-electron chi connectivity index (χ1n) is 6.55. The molecule has 9 heteroatoms. The Labute approximate surface area is 125 Å². The highest BCUT2D eigenvalue weighted by Crippen LogP contribution is 2.32. The number of methoxy groups -OCH3 is 2. The van der Waals surface area contributed by atoms with Crippen LogP contribution in [-0.4, -0.2) is 40.7 Å². The van der Waals surface area contributed by atoms with Gasteiger partial charge in [0.1, 0.15) is 5.56 Å². The zero-order chi connectivity index (χ0) is 16.8. The van der Waals surface area contributed by atoms with Crippen LogP contribution in [0.2, 0.25) is 0 Å². The van der Waals surface area contributed by atoms with E-state index in [9.17, 15) is 17.3 Å². The lowest BCUT2D eigenvalue weighted by Crippen LogP contribution is -2.17. The molecule has 0 radical (unpaired) electrons. The molecule has 0 spiro atoms. The van der Waals surface area contributed by atoms with E-state index in [1.54, 1.807) is 14.2 Å². The van der Waals surface area contributed by atoms with Crippen molar-refractivity contribution in [3.63, 3.8) is 0 Å². The SMILES string of the molecule is CCOC1=[O+]CCc2cc(OC)c(OC)cc21.F[B-](F)(F)F. The Morgan fingerprint density at radius 2 is 1.64 bits per heavy atom. The minimum atomic E-state index is -6.00. The van der Waals surface area contributed by atoms with Crippen LogP contribution in [0.3, 0.4) is 0 Å². The summed E-state index contributed by atoms with van der Waals surface area (Å²) in [6.45, 7) is 3.16. The summed E-state index contributed by atoms with van der Waals surface area (Å²) in [5, 5.41) is 0. The van der Waals surface area contributed by atoms with Gasteiger partial charge in [0.2, 0.25) is 0 Å². The molecule has 0 saturated heterocycles. The van der Waals surface area contributed by atoms with E-state index >= 15 is 0 Å². The molecule has 0 atom stereocenters. The van der Waals surface area contributed by atoms with Crippen LogP contribution >= 0.6 is 0 Å². The summed E-state index contributed by atoms with van der Waals surface area (Å²) in [7, 11) is -2.75. The number of hydrogen-bond donors (Lipinski definition) is 0. The van der Waals surface area contributed by atoms with Crippen LogP contribution < -0.4 is 9.47 Å². The van der Waals surface area contributed by atoms with Gasteiger partial charge in [-0.25, -0.2) is 0 Å². The third kappa shape index (κ3) is 5.46. The quantitative estimate of drug-likeness (QED) is 0.371. The van der Waals surface area contributed by atoms with Gasteiger partial charge in [-0.2, -0.15) is 0 Å². The molecule has 124 valence electrons. The maximum atomic E-state index is 9.75. The molecule has 1 aromatic carbocycles. The van der Waals surface area contributed by atoms with Crippen LogP contribution in [0.5, 0.6) is 11.5 Å². The van der Waals surface area contributed by atoms with Gasteiger partial charge in [0.25, 0.3) is 0 Å². The molecular weight excluding hydrogens is 307 g/mol. The van der Waals surface area contributed by atoms with Gasteiger partial charge in [0, 0.05) is 12.5 Å². The summed E-state index contributed by atoms with van der Waals surface area (Å²) in [5.74, 6) is 2.01. The van der Waals surface area contributed by atoms with E-state index in [0.29, 0.717) is 24.9 Å². The van der Waals surface area contributed by atoms with E-state index < -0.39 is 7.25 Å². The standard InChI is InChI=1S/C13H17O4.BF4/c1-4-16-13-10-8-12(15-3)11(14-2)7-9(10)5-6-17-13;2-1(3,4)5/h7-8H,4-6H2,1-3H3;/q+1;-1.